The molecule has 0 bridgehead atoms. The second-order valence-corrected chi connectivity index (χ2v) is 24.1. The number of carbonyl (C=O) groups excluding carboxylic acids is 1. The number of pyridine rings is 1. The summed E-state index contributed by atoms with van der Waals surface area (Å²) in [5.74, 6) is -0.269. The van der Waals surface area contributed by atoms with Crippen molar-refractivity contribution in [3.05, 3.63) is 141 Å². The summed E-state index contributed by atoms with van der Waals surface area (Å²) in [6.45, 7) is 10.9. The van der Waals surface area contributed by atoms with E-state index in [1.54, 1.807) is 37.4 Å². The van der Waals surface area contributed by atoms with Gasteiger partial charge in [0.15, 0.2) is 0 Å². The number of piperazine rings is 1. The molecule has 0 radical (unpaired) electrons. The number of piperidine rings is 1. The number of ether oxygens (including phenoxy) is 2. The fourth-order valence-corrected chi connectivity index (χ4v) is 13.2. The van der Waals surface area contributed by atoms with Crippen molar-refractivity contribution in [2.24, 2.45) is 11.3 Å². The summed E-state index contributed by atoms with van der Waals surface area (Å²) in [5.41, 5.74) is 2.99. The first-order valence-electron chi connectivity index (χ1n) is 26.8. The predicted octanol–water partition coefficient (Wildman–Crippen LogP) is 11.2. The minimum absolute atomic E-state index is 0.0705. The number of nitro groups is 1. The Hall–Kier alpha value is -6.74. The number of rotatable bonds is 16. The third-order valence-electron chi connectivity index (χ3n) is 16.7. The van der Waals surface area contributed by atoms with Crippen molar-refractivity contribution >= 4 is 44.0 Å². The van der Waals surface area contributed by atoms with Gasteiger partial charge in [-0.1, -0.05) is 44.2 Å². The van der Waals surface area contributed by atoms with Gasteiger partial charge in [0, 0.05) is 87.3 Å². The minimum Gasteiger partial charge on any atom is -0.496 e. The molecule has 4 aliphatic rings. The molecule has 6 aromatic rings. The average molecular weight is 1090 g/mol. The van der Waals surface area contributed by atoms with Crippen molar-refractivity contribution in [1.82, 2.24) is 24.5 Å². The van der Waals surface area contributed by atoms with E-state index < -0.39 is 48.8 Å². The molecule has 4 heterocycles. The Kier molecular flexibility index (Phi) is 15.3. The Bertz CT molecular complexity index is 3290. The van der Waals surface area contributed by atoms with E-state index in [4.69, 9.17) is 9.47 Å². The van der Waals surface area contributed by atoms with Crippen molar-refractivity contribution in [3.63, 3.8) is 0 Å². The number of hydrogen-bond acceptors (Lipinski definition) is 13. The number of amides is 1. The molecule has 1 amide bonds. The van der Waals surface area contributed by atoms with Gasteiger partial charge in [0.2, 0.25) is 0 Å². The zero-order valence-electron chi connectivity index (χ0n) is 44.3. The average Bonchev–Trinajstić information content (AvgIpc) is 4.01. The van der Waals surface area contributed by atoms with Crippen molar-refractivity contribution in [2.45, 2.75) is 113 Å². The van der Waals surface area contributed by atoms with Gasteiger partial charge in [0.1, 0.15) is 28.6 Å². The predicted molar refractivity (Wildman–Crippen MR) is 292 cm³/mol. The highest BCUT2D eigenvalue weighted by molar-refractivity contribution is 7.90. The number of nitrogens with zero attached hydrogens (tertiary/aromatic N) is 5. The first-order chi connectivity index (χ1) is 37.2. The maximum absolute atomic E-state index is 14.1. The molecule has 1 spiro atoms. The largest absolute Gasteiger partial charge is 0.496 e. The van der Waals surface area contributed by atoms with E-state index in [0.29, 0.717) is 49.3 Å². The number of nitrogens with one attached hydrogen (secondary N) is 3. The van der Waals surface area contributed by atoms with E-state index >= 15 is 0 Å². The van der Waals surface area contributed by atoms with Gasteiger partial charge in [0.25, 0.3) is 21.6 Å². The van der Waals surface area contributed by atoms with Gasteiger partial charge >= 0.3 is 6.18 Å². The molecule has 2 saturated heterocycles. The third kappa shape index (κ3) is 11.8. The second kappa shape index (κ2) is 21.8. The van der Waals surface area contributed by atoms with Crippen LogP contribution in [0.4, 0.5) is 30.2 Å². The van der Waals surface area contributed by atoms with Gasteiger partial charge in [-0.25, -0.2) is 18.1 Å². The Balaban J connectivity index is 0.830. The number of nitro benzene ring substituents is 1. The highest BCUT2D eigenvalue weighted by Crippen LogP contribution is 2.54. The number of anilines is 2. The molecule has 4 aromatic carbocycles. The molecule has 10 rings (SSSR count). The number of aliphatic hydroxyl groups is 1. The van der Waals surface area contributed by atoms with E-state index in [1.165, 1.54) is 48.7 Å². The monoisotopic (exact) mass is 1090 g/mol. The number of fused-ring (bicyclic) bond motifs is 1. The van der Waals surface area contributed by atoms with Crippen LogP contribution in [0.25, 0.3) is 11.0 Å². The molecule has 4 fully saturated rings. The van der Waals surface area contributed by atoms with Crippen LogP contribution in [-0.4, -0.2) is 102 Å². The molecular formula is C58H67F3N8O8S. The normalized spacial score (nSPS) is 21.4. The maximum Gasteiger partial charge on any atom is 0.419 e. The van der Waals surface area contributed by atoms with Crippen LogP contribution in [0.15, 0.2) is 108 Å². The van der Waals surface area contributed by atoms with Gasteiger partial charge in [0.05, 0.1) is 39.9 Å². The number of methoxy groups -OCH3 is 1. The van der Waals surface area contributed by atoms with Gasteiger partial charge in [-0.3, -0.25) is 24.7 Å². The van der Waals surface area contributed by atoms with E-state index in [2.05, 4.69) is 72.8 Å². The molecule has 414 valence electrons. The molecule has 2 aromatic heterocycles. The minimum atomic E-state index is -4.63. The summed E-state index contributed by atoms with van der Waals surface area (Å²) < 4.78 is 82.6. The van der Waals surface area contributed by atoms with Crippen LogP contribution in [0, 0.1) is 21.4 Å². The maximum atomic E-state index is 14.1. The van der Waals surface area contributed by atoms with Crippen LogP contribution in [-0.2, 0) is 22.7 Å². The van der Waals surface area contributed by atoms with Crippen LogP contribution >= 0.6 is 0 Å². The summed E-state index contributed by atoms with van der Waals surface area (Å²) in [7, 11) is -3.36. The number of H-pyrrole nitrogens is 1. The van der Waals surface area contributed by atoms with Crippen molar-refractivity contribution in [1.29, 1.82) is 0 Å². The van der Waals surface area contributed by atoms with Crippen LogP contribution in [0.5, 0.6) is 17.2 Å². The quantitative estimate of drug-likeness (QED) is 0.0528. The SMILES string of the molecule is COc1cc(CN2CCN(C3CC4(CCN(c5ccc(C(=O)NS(=O)(=O)c6ccc(NCC7CCC(C)(O)CC7)c([N+](=O)[O-])c6)c(Oc6cnc7[nH]ccc7c6)c5)CC4)C3)[C@H](c3ccccc3C(C)C)C2)ccc1C(F)(F)F. The van der Waals surface area contributed by atoms with Gasteiger partial charge in [-0.2, -0.15) is 13.2 Å². The van der Waals surface area contributed by atoms with Gasteiger partial charge in [-0.15, -0.1) is 0 Å². The highest BCUT2D eigenvalue weighted by atomic mass is 32.2. The van der Waals surface area contributed by atoms with E-state index in [0.717, 1.165) is 100 Å². The summed E-state index contributed by atoms with van der Waals surface area (Å²) in [6.07, 6.45) is 5.38. The number of sulfonamides is 1. The molecule has 2 aliphatic carbocycles. The number of alkyl halides is 3. The fourth-order valence-electron chi connectivity index (χ4n) is 12.3. The number of aromatic nitrogens is 2. The van der Waals surface area contributed by atoms with E-state index in [1.807, 2.05) is 6.07 Å². The Morgan fingerprint density at radius 2 is 1.71 bits per heavy atom. The Morgan fingerprint density at radius 1 is 0.949 bits per heavy atom. The highest BCUT2D eigenvalue weighted by Gasteiger charge is 2.50. The zero-order valence-corrected chi connectivity index (χ0v) is 45.1. The molecule has 78 heavy (non-hydrogen) atoms. The lowest BCUT2D eigenvalue weighted by atomic mass is 9.59. The number of hydrogen-bond donors (Lipinski definition) is 4. The summed E-state index contributed by atoms with van der Waals surface area (Å²) in [5, 5.41) is 26.5. The molecular weight excluding hydrogens is 1030 g/mol. The van der Waals surface area contributed by atoms with Crippen LogP contribution in [0.2, 0.25) is 0 Å². The van der Waals surface area contributed by atoms with Gasteiger partial charge in [-0.05, 0) is 141 Å². The number of halogens is 3. The standard InChI is InChI=1S/C58H67F3N8O8S/c1-37(2)45-7-5-6-8-46(45)51-36-66(35-39-9-13-48(58(59,60)61)53(27-39)76-4)25-26-68(51)42-31-57(32-42)20-23-67(24-21-57)41-10-12-47(52(29-41)77-43-28-40-17-22-62-54(40)64-34-43)55(70)65-78(74,75)44-11-14-49(50(30-44)69(72)73)63-33-38-15-18-56(3,71)19-16-38/h5-14,17,22,27-30,34,37-38,42,51,63,71H,15-16,18-21,23-26,31-33,35-36H2,1-4H3,(H,62,64)(H,65,70)/t38?,51-,56?/m0/s1. The summed E-state index contributed by atoms with van der Waals surface area (Å²) >= 11 is 0. The molecule has 4 N–H and O–H groups in total. The van der Waals surface area contributed by atoms with Crippen molar-refractivity contribution < 1.29 is 45.9 Å². The number of carbonyl (C=O) groups is 1. The van der Waals surface area contributed by atoms with Crippen LogP contribution < -0.4 is 24.4 Å². The number of benzene rings is 4. The lowest BCUT2D eigenvalue weighted by Crippen LogP contribution is -2.60. The van der Waals surface area contributed by atoms with E-state index in [9.17, 15) is 41.6 Å². The number of aromatic amines is 1. The van der Waals surface area contributed by atoms with Gasteiger partial charge < -0.3 is 29.8 Å². The van der Waals surface area contributed by atoms with Crippen molar-refractivity contribution in [3.8, 4) is 17.2 Å². The molecule has 0 unspecified atom stereocenters. The molecule has 2 aliphatic heterocycles. The van der Waals surface area contributed by atoms with Crippen LogP contribution in [0.1, 0.15) is 117 Å². The lowest BCUT2D eigenvalue weighted by molar-refractivity contribution is -0.384. The Labute approximate surface area is 452 Å². The topological polar surface area (TPSA) is 195 Å². The molecule has 20 heteroatoms. The smallest absolute Gasteiger partial charge is 0.419 e. The van der Waals surface area contributed by atoms with Crippen molar-refractivity contribution in [2.75, 3.05) is 56.6 Å². The van der Waals surface area contributed by atoms with E-state index in [-0.39, 0.29) is 40.1 Å². The Morgan fingerprint density at radius 3 is 2.42 bits per heavy atom. The lowest BCUT2D eigenvalue weighted by Gasteiger charge is -2.58. The third-order valence-corrected chi connectivity index (χ3v) is 18.1. The summed E-state index contributed by atoms with van der Waals surface area (Å²) in [6, 6.07) is 25.3. The van der Waals surface area contributed by atoms with Crippen LogP contribution in [0.3, 0.4) is 0 Å². The first kappa shape index (κ1) is 54.6. The fraction of sp³-hybridized carbons (Fsp3) is 0.448. The first-order valence-corrected chi connectivity index (χ1v) is 28.3. The summed E-state index contributed by atoms with van der Waals surface area (Å²) in [4.78, 5) is 40.0. The molecule has 2 saturated carbocycles. The zero-order chi connectivity index (χ0) is 55.1. The molecule has 16 nitrogen and oxygen atoms in total. The molecule has 1 atom stereocenters. The second-order valence-electron chi connectivity index (χ2n) is 22.4.